The third-order valence-corrected chi connectivity index (χ3v) is 7.15. The second-order valence-electron chi connectivity index (χ2n) is 13.7. The zero-order valence-electron chi connectivity index (χ0n) is 24.3. The smallest absolute Gasteiger partial charge is 0.0612 e. The molecule has 1 saturated carbocycles. The summed E-state index contributed by atoms with van der Waals surface area (Å²) in [7, 11) is 0. The predicted octanol–water partition coefficient (Wildman–Crippen LogP) is 6.15. The molecule has 202 valence electrons. The topological polar surface area (TPSA) is 34.2 Å². The number of hydrogen-bond acceptors (Lipinski definition) is 5. The normalized spacial score (nSPS) is 23.5. The summed E-state index contributed by atoms with van der Waals surface area (Å²) in [6.45, 7) is 27.2. The van der Waals surface area contributed by atoms with Crippen molar-refractivity contribution in [2.45, 2.75) is 136 Å². The summed E-state index contributed by atoms with van der Waals surface area (Å²) in [5.41, 5.74) is 0.228. The third-order valence-electron chi connectivity index (χ3n) is 7.15. The summed E-state index contributed by atoms with van der Waals surface area (Å²) in [5, 5.41) is 0. The molecule has 34 heavy (non-hydrogen) atoms. The largest absolute Gasteiger partial charge is 0.380 e. The maximum Gasteiger partial charge on any atom is 0.0612 e. The summed E-state index contributed by atoms with van der Waals surface area (Å²) >= 11 is 0. The van der Waals surface area contributed by atoms with Crippen molar-refractivity contribution in [3.05, 3.63) is 0 Å². The van der Waals surface area contributed by atoms with E-state index in [2.05, 4.69) is 72.1 Å². The number of ether oxygens (including phenoxy) is 3. The lowest BCUT2D eigenvalue weighted by Gasteiger charge is -2.47. The van der Waals surface area contributed by atoms with E-state index in [0.29, 0.717) is 17.7 Å². The molecule has 0 aromatic heterocycles. The van der Waals surface area contributed by atoms with Crippen LogP contribution in [0.25, 0.3) is 0 Å². The van der Waals surface area contributed by atoms with Crippen molar-refractivity contribution < 1.29 is 14.2 Å². The molecule has 2 fully saturated rings. The van der Waals surface area contributed by atoms with Gasteiger partial charge in [-0.3, -0.25) is 9.80 Å². The molecular formula is C29H58N2O3. The molecule has 0 aromatic rings. The van der Waals surface area contributed by atoms with Crippen molar-refractivity contribution in [3.63, 3.8) is 0 Å². The Morgan fingerprint density at radius 3 is 1.94 bits per heavy atom. The number of unbranched alkanes of at least 4 members (excludes halogenated alkanes) is 2. The van der Waals surface area contributed by atoms with Crippen molar-refractivity contribution in [1.82, 2.24) is 9.80 Å². The van der Waals surface area contributed by atoms with Gasteiger partial charge in [-0.2, -0.15) is 0 Å². The van der Waals surface area contributed by atoms with Crippen molar-refractivity contribution in [1.29, 1.82) is 0 Å². The van der Waals surface area contributed by atoms with E-state index in [9.17, 15) is 0 Å². The van der Waals surface area contributed by atoms with Crippen LogP contribution in [-0.4, -0.2) is 84.7 Å². The number of rotatable bonds is 13. The van der Waals surface area contributed by atoms with Gasteiger partial charge in [0.05, 0.1) is 23.9 Å². The van der Waals surface area contributed by atoms with Gasteiger partial charge in [0.2, 0.25) is 0 Å². The Balaban J connectivity index is 1.70. The van der Waals surface area contributed by atoms with Crippen LogP contribution in [-0.2, 0) is 14.2 Å². The highest BCUT2D eigenvalue weighted by atomic mass is 16.5. The Kier molecular flexibility index (Phi) is 11.8. The lowest BCUT2D eigenvalue weighted by molar-refractivity contribution is -0.123. The summed E-state index contributed by atoms with van der Waals surface area (Å²) in [6.07, 6.45) is 8.84. The van der Waals surface area contributed by atoms with Crippen LogP contribution in [0.3, 0.4) is 0 Å². The van der Waals surface area contributed by atoms with Gasteiger partial charge in [-0.25, -0.2) is 0 Å². The monoisotopic (exact) mass is 482 g/mol. The molecule has 5 nitrogen and oxygen atoms in total. The summed E-state index contributed by atoms with van der Waals surface area (Å²) in [6, 6.07) is 0.658. The van der Waals surface area contributed by atoms with E-state index in [0.717, 1.165) is 45.1 Å². The number of likely N-dealkylation sites (tertiary alicyclic amines) is 1. The van der Waals surface area contributed by atoms with Gasteiger partial charge >= 0.3 is 0 Å². The fraction of sp³-hybridized carbons (Fsp3) is 1.00. The first-order valence-corrected chi connectivity index (χ1v) is 14.1. The molecule has 1 saturated heterocycles. The van der Waals surface area contributed by atoms with Crippen LogP contribution in [0, 0.1) is 5.92 Å². The zero-order valence-corrected chi connectivity index (χ0v) is 24.3. The lowest BCUT2D eigenvalue weighted by atomic mass is 9.85. The van der Waals surface area contributed by atoms with Gasteiger partial charge in [0.1, 0.15) is 0 Å². The second-order valence-corrected chi connectivity index (χ2v) is 13.7. The Labute approximate surface area is 212 Å². The minimum Gasteiger partial charge on any atom is -0.380 e. The van der Waals surface area contributed by atoms with E-state index in [-0.39, 0.29) is 11.2 Å². The van der Waals surface area contributed by atoms with Gasteiger partial charge < -0.3 is 14.2 Å². The summed E-state index contributed by atoms with van der Waals surface area (Å²) < 4.78 is 18.1. The standard InChI is InChI=1S/C29H58N2O3/c1-27(2,3)31-15-13-24(14-16-31)23-30(25-21-26(22-25)34-29(7,8)9)17-20-32-18-11-10-12-19-33-28(4,5)6/h24-26H,10-23H2,1-9H3. The molecule has 0 N–H and O–H groups in total. The summed E-state index contributed by atoms with van der Waals surface area (Å²) in [5.74, 6) is 0.809. The van der Waals surface area contributed by atoms with Crippen LogP contribution in [0.2, 0.25) is 0 Å². The molecule has 1 aliphatic carbocycles. The Hall–Kier alpha value is -0.200. The van der Waals surface area contributed by atoms with Crippen LogP contribution in [0.1, 0.15) is 107 Å². The molecule has 0 unspecified atom stereocenters. The quantitative estimate of drug-likeness (QED) is 0.294. The maximum atomic E-state index is 6.23. The molecule has 5 heteroatoms. The van der Waals surface area contributed by atoms with E-state index < -0.39 is 0 Å². The minimum atomic E-state index is -0.0404. The fourth-order valence-corrected chi connectivity index (χ4v) is 5.12. The van der Waals surface area contributed by atoms with Gasteiger partial charge in [0.15, 0.2) is 0 Å². The van der Waals surface area contributed by atoms with Crippen LogP contribution in [0.5, 0.6) is 0 Å². The van der Waals surface area contributed by atoms with Crippen LogP contribution >= 0.6 is 0 Å². The third kappa shape index (κ3) is 12.2. The summed E-state index contributed by atoms with van der Waals surface area (Å²) in [4.78, 5) is 5.39. The predicted molar refractivity (Wildman–Crippen MR) is 144 cm³/mol. The van der Waals surface area contributed by atoms with Crippen molar-refractivity contribution >= 4 is 0 Å². The van der Waals surface area contributed by atoms with Crippen LogP contribution < -0.4 is 0 Å². The van der Waals surface area contributed by atoms with E-state index in [4.69, 9.17) is 14.2 Å². The van der Waals surface area contributed by atoms with Gasteiger partial charge in [-0.05, 0) is 126 Å². The SMILES string of the molecule is CC(C)(C)OCCCCCOCCN(CC1CCN(C(C)(C)C)CC1)C1CC(OC(C)(C)C)C1. The van der Waals surface area contributed by atoms with Crippen molar-refractivity contribution in [2.75, 3.05) is 46.0 Å². The van der Waals surface area contributed by atoms with Gasteiger partial charge in [0.25, 0.3) is 0 Å². The molecule has 0 aromatic carbocycles. The zero-order chi connectivity index (χ0) is 25.4. The first-order chi connectivity index (χ1) is 15.7. The van der Waals surface area contributed by atoms with Gasteiger partial charge in [-0.1, -0.05) is 0 Å². The van der Waals surface area contributed by atoms with Crippen LogP contribution in [0.15, 0.2) is 0 Å². The molecule has 2 rings (SSSR count). The Bertz CT molecular complexity index is 547. The van der Waals surface area contributed by atoms with E-state index in [1.54, 1.807) is 0 Å². The number of hydrogen-bond donors (Lipinski definition) is 0. The highest BCUT2D eigenvalue weighted by Crippen LogP contribution is 2.33. The number of piperidine rings is 1. The van der Waals surface area contributed by atoms with E-state index in [1.807, 2.05) is 0 Å². The molecule has 0 atom stereocenters. The number of nitrogens with zero attached hydrogens (tertiary/aromatic N) is 2. The highest BCUT2D eigenvalue weighted by Gasteiger charge is 2.37. The molecule has 2 aliphatic rings. The molecule has 1 heterocycles. The second kappa shape index (κ2) is 13.4. The van der Waals surface area contributed by atoms with Crippen LogP contribution in [0.4, 0.5) is 0 Å². The van der Waals surface area contributed by atoms with E-state index in [1.165, 1.54) is 51.7 Å². The molecule has 0 bridgehead atoms. The van der Waals surface area contributed by atoms with Gasteiger partial charge in [0, 0.05) is 37.9 Å². The molecule has 1 aliphatic heterocycles. The molecule has 0 spiro atoms. The van der Waals surface area contributed by atoms with Gasteiger partial charge in [-0.15, -0.1) is 0 Å². The molecule has 0 radical (unpaired) electrons. The average molecular weight is 483 g/mol. The van der Waals surface area contributed by atoms with Crippen molar-refractivity contribution in [2.24, 2.45) is 5.92 Å². The first kappa shape index (κ1) is 30.0. The lowest BCUT2D eigenvalue weighted by Crippen LogP contribution is -2.53. The Morgan fingerprint density at radius 2 is 1.38 bits per heavy atom. The van der Waals surface area contributed by atoms with E-state index >= 15 is 0 Å². The minimum absolute atomic E-state index is 0.0260. The molecular weight excluding hydrogens is 424 g/mol. The first-order valence-electron chi connectivity index (χ1n) is 14.1. The highest BCUT2D eigenvalue weighted by molar-refractivity contribution is 4.91. The Morgan fingerprint density at radius 1 is 0.765 bits per heavy atom. The fourth-order valence-electron chi connectivity index (χ4n) is 5.12. The average Bonchev–Trinajstić information content (AvgIpc) is 2.66. The van der Waals surface area contributed by atoms with Crippen molar-refractivity contribution in [3.8, 4) is 0 Å². The molecule has 0 amide bonds. The maximum absolute atomic E-state index is 6.23.